The van der Waals surface area contributed by atoms with Crippen LogP contribution in [0.1, 0.15) is 6.42 Å². The van der Waals surface area contributed by atoms with Crippen molar-refractivity contribution in [3.63, 3.8) is 0 Å². The van der Waals surface area contributed by atoms with E-state index < -0.39 is 25.4 Å². The van der Waals surface area contributed by atoms with Gasteiger partial charge in [0.2, 0.25) is 0 Å². The number of benzene rings is 1. The highest BCUT2D eigenvalue weighted by Gasteiger charge is 2.10. The Balaban J connectivity index is 2.45. The first-order valence-electron chi connectivity index (χ1n) is 4.79. The predicted octanol–water partition coefficient (Wildman–Crippen LogP) is 1.21. The molecule has 0 unspecified atom stereocenters. The van der Waals surface area contributed by atoms with Gasteiger partial charge in [0.05, 0.1) is 6.61 Å². The third kappa shape index (κ3) is 4.50. The van der Waals surface area contributed by atoms with Crippen molar-refractivity contribution in [3.05, 3.63) is 36.2 Å². The number of halogens is 3. The average Bonchev–Trinajstić information content (AvgIpc) is 2.29. The summed E-state index contributed by atoms with van der Waals surface area (Å²) in [6.45, 7) is -0.218. The van der Waals surface area contributed by atoms with Crippen LogP contribution < -0.4 is 10.2 Å². The minimum atomic E-state index is -2.34. The summed E-state index contributed by atoms with van der Waals surface area (Å²) < 4.78 is 40.8. The van der Waals surface area contributed by atoms with Gasteiger partial charge in [0.1, 0.15) is 5.75 Å². The highest BCUT2D eigenvalue weighted by atomic mass is 19.3. The van der Waals surface area contributed by atoms with Crippen molar-refractivity contribution < 1.29 is 28.0 Å². The second-order valence-corrected chi connectivity index (χ2v) is 3.21. The summed E-state index contributed by atoms with van der Waals surface area (Å²) in [4.78, 5) is 0. The van der Waals surface area contributed by atoms with E-state index in [-0.39, 0.29) is 12.1 Å². The van der Waals surface area contributed by atoms with Crippen LogP contribution in [0.5, 0.6) is 5.75 Å². The Morgan fingerprint density at radius 3 is 2.18 bits per heavy atom. The minimum absolute atomic E-state index is 0.218. The smallest absolute Gasteiger partial charge is 0.488 e. The molecule has 2 N–H and O–H groups in total. The quantitative estimate of drug-likeness (QED) is 0.767. The summed E-state index contributed by atoms with van der Waals surface area (Å²) in [6.07, 6.45) is -2.85. The second kappa shape index (κ2) is 6.31. The lowest BCUT2D eigenvalue weighted by Gasteiger charge is -2.06. The molecule has 1 aromatic rings. The molecule has 92 valence electrons. The molecular formula is C10H10BF3O3. The van der Waals surface area contributed by atoms with E-state index >= 15 is 0 Å². The monoisotopic (exact) mass is 246 g/mol. The third-order valence-corrected chi connectivity index (χ3v) is 1.97. The predicted molar refractivity (Wildman–Crippen MR) is 56.7 cm³/mol. The Hall–Kier alpha value is -1.47. The van der Waals surface area contributed by atoms with Crippen LogP contribution in [-0.4, -0.2) is 23.8 Å². The fourth-order valence-corrected chi connectivity index (χ4v) is 1.09. The second-order valence-electron chi connectivity index (χ2n) is 3.21. The topological polar surface area (TPSA) is 49.7 Å². The summed E-state index contributed by atoms with van der Waals surface area (Å²) in [7, 11) is -1.58. The van der Waals surface area contributed by atoms with E-state index in [1.54, 1.807) is 0 Å². The maximum absolute atomic E-state index is 12.4. The summed E-state index contributed by atoms with van der Waals surface area (Å²) in [5, 5.41) is 17.6. The van der Waals surface area contributed by atoms with Gasteiger partial charge in [-0.3, -0.25) is 0 Å². The van der Waals surface area contributed by atoms with Crippen LogP contribution in [0.15, 0.2) is 36.2 Å². The lowest BCUT2D eigenvalue weighted by atomic mass is 9.80. The SMILES string of the molecule is OB(O)c1ccc(OCCC(F)=C(F)F)cc1. The fraction of sp³-hybridized carbons (Fsp3) is 0.200. The standard InChI is InChI=1S/C10H10BF3O3/c12-9(10(13)14)5-6-17-8-3-1-7(2-4-8)11(15)16/h1-4,15-16H,5-6H2. The van der Waals surface area contributed by atoms with E-state index in [1.807, 2.05) is 0 Å². The van der Waals surface area contributed by atoms with Crippen molar-refractivity contribution in [2.24, 2.45) is 0 Å². The van der Waals surface area contributed by atoms with Gasteiger partial charge in [-0.25, -0.2) is 4.39 Å². The fourth-order valence-electron chi connectivity index (χ4n) is 1.09. The van der Waals surface area contributed by atoms with Gasteiger partial charge in [-0.15, -0.1) is 0 Å². The molecule has 0 radical (unpaired) electrons. The van der Waals surface area contributed by atoms with Gasteiger partial charge in [-0.05, 0) is 17.6 Å². The van der Waals surface area contributed by atoms with Crippen LogP contribution in [0.2, 0.25) is 0 Å². The van der Waals surface area contributed by atoms with Crippen LogP contribution in [-0.2, 0) is 0 Å². The molecular weight excluding hydrogens is 236 g/mol. The Morgan fingerprint density at radius 2 is 1.71 bits per heavy atom. The van der Waals surface area contributed by atoms with Crippen molar-refractivity contribution in [1.29, 1.82) is 0 Å². The average molecular weight is 246 g/mol. The Bertz CT molecular complexity index is 388. The minimum Gasteiger partial charge on any atom is -0.493 e. The number of rotatable bonds is 5. The van der Waals surface area contributed by atoms with E-state index in [0.29, 0.717) is 5.75 Å². The lowest BCUT2D eigenvalue weighted by molar-refractivity contribution is 0.295. The molecule has 0 saturated carbocycles. The molecule has 1 rings (SSSR count). The van der Waals surface area contributed by atoms with Crippen molar-refractivity contribution in [2.45, 2.75) is 6.42 Å². The number of hydrogen-bond donors (Lipinski definition) is 2. The first-order chi connectivity index (χ1) is 8.00. The van der Waals surface area contributed by atoms with Crippen molar-refractivity contribution in [3.8, 4) is 5.75 Å². The van der Waals surface area contributed by atoms with E-state index in [0.717, 1.165) is 0 Å². The Labute approximate surface area is 96.3 Å². The van der Waals surface area contributed by atoms with Gasteiger partial charge >= 0.3 is 13.2 Å². The molecule has 7 heteroatoms. The molecule has 0 aromatic heterocycles. The van der Waals surface area contributed by atoms with Crippen molar-refractivity contribution in [2.75, 3.05) is 6.61 Å². The molecule has 0 atom stereocenters. The van der Waals surface area contributed by atoms with E-state index in [1.165, 1.54) is 24.3 Å². The zero-order valence-electron chi connectivity index (χ0n) is 8.74. The molecule has 0 aliphatic carbocycles. The highest BCUT2D eigenvalue weighted by molar-refractivity contribution is 6.58. The van der Waals surface area contributed by atoms with Crippen LogP contribution in [0.25, 0.3) is 0 Å². The zero-order valence-corrected chi connectivity index (χ0v) is 8.74. The molecule has 0 heterocycles. The molecule has 3 nitrogen and oxygen atoms in total. The molecule has 17 heavy (non-hydrogen) atoms. The van der Waals surface area contributed by atoms with Crippen LogP contribution >= 0.6 is 0 Å². The van der Waals surface area contributed by atoms with E-state index in [2.05, 4.69) is 0 Å². The van der Waals surface area contributed by atoms with Gasteiger partial charge in [0.15, 0.2) is 5.83 Å². The first kappa shape index (κ1) is 13.6. The number of hydrogen-bond acceptors (Lipinski definition) is 3. The Kier molecular flexibility index (Phi) is 5.05. The van der Waals surface area contributed by atoms with Crippen molar-refractivity contribution in [1.82, 2.24) is 0 Å². The van der Waals surface area contributed by atoms with E-state index in [9.17, 15) is 13.2 Å². The number of ether oxygens (including phenoxy) is 1. The molecule has 0 spiro atoms. The van der Waals surface area contributed by atoms with Gasteiger partial charge in [0, 0.05) is 6.42 Å². The van der Waals surface area contributed by atoms with Gasteiger partial charge < -0.3 is 14.8 Å². The van der Waals surface area contributed by atoms with Crippen LogP contribution in [0.4, 0.5) is 13.2 Å². The van der Waals surface area contributed by atoms with Gasteiger partial charge in [-0.1, -0.05) is 12.1 Å². The Morgan fingerprint density at radius 1 is 1.12 bits per heavy atom. The maximum Gasteiger partial charge on any atom is 0.488 e. The summed E-state index contributed by atoms with van der Waals surface area (Å²) in [5.74, 6) is -1.16. The first-order valence-corrected chi connectivity index (χ1v) is 4.79. The molecule has 0 saturated heterocycles. The van der Waals surface area contributed by atoms with Gasteiger partial charge in [-0.2, -0.15) is 8.78 Å². The van der Waals surface area contributed by atoms with E-state index in [4.69, 9.17) is 14.8 Å². The molecule has 0 fully saturated rings. The molecule has 1 aromatic carbocycles. The molecule has 0 aliphatic heterocycles. The molecule has 0 aliphatic rings. The van der Waals surface area contributed by atoms with Gasteiger partial charge in [0.25, 0.3) is 0 Å². The largest absolute Gasteiger partial charge is 0.493 e. The molecule has 0 amide bonds. The summed E-state index contributed by atoms with van der Waals surface area (Å²) >= 11 is 0. The third-order valence-electron chi connectivity index (χ3n) is 1.97. The molecule has 0 bridgehead atoms. The zero-order chi connectivity index (χ0) is 12.8. The van der Waals surface area contributed by atoms with Crippen LogP contribution in [0, 0.1) is 0 Å². The van der Waals surface area contributed by atoms with Crippen molar-refractivity contribution >= 4 is 12.6 Å². The normalized spacial score (nSPS) is 9.94. The summed E-state index contributed by atoms with van der Waals surface area (Å²) in [6, 6.07) is 5.67. The lowest BCUT2D eigenvalue weighted by Crippen LogP contribution is -2.29. The maximum atomic E-state index is 12.4. The summed E-state index contributed by atoms with van der Waals surface area (Å²) in [5.41, 5.74) is 0.276. The van der Waals surface area contributed by atoms with Crippen LogP contribution in [0.3, 0.4) is 0 Å². The highest BCUT2D eigenvalue weighted by Crippen LogP contribution is 2.14.